The SMILES string of the molecule is C[C@@H]1CN(Cc2c(O)ccc3c4c(c(=O)oc23)CCCC4)C[C@@H](C)O1. The van der Waals surface area contributed by atoms with Gasteiger partial charge in [-0.15, -0.1) is 0 Å². The van der Waals surface area contributed by atoms with Crippen LogP contribution in [0.25, 0.3) is 11.0 Å². The molecule has 0 bridgehead atoms. The third-order valence-electron chi connectivity index (χ3n) is 5.35. The first kappa shape index (κ1) is 16.6. The number of ether oxygens (including phenoxy) is 1. The predicted molar refractivity (Wildman–Crippen MR) is 96.1 cm³/mol. The number of hydrogen-bond donors (Lipinski definition) is 1. The van der Waals surface area contributed by atoms with E-state index in [2.05, 4.69) is 18.7 Å². The highest BCUT2D eigenvalue weighted by Crippen LogP contribution is 2.33. The number of hydrogen-bond acceptors (Lipinski definition) is 5. The summed E-state index contributed by atoms with van der Waals surface area (Å²) in [5, 5.41) is 11.4. The van der Waals surface area contributed by atoms with Gasteiger partial charge in [-0.25, -0.2) is 4.79 Å². The van der Waals surface area contributed by atoms with Crippen molar-refractivity contribution in [3.8, 4) is 5.75 Å². The molecule has 1 fully saturated rings. The minimum atomic E-state index is -0.238. The molecular weight excluding hydrogens is 318 g/mol. The minimum Gasteiger partial charge on any atom is -0.507 e. The molecule has 2 aromatic rings. The highest BCUT2D eigenvalue weighted by atomic mass is 16.5. The molecule has 0 saturated carbocycles. The fourth-order valence-corrected chi connectivity index (χ4v) is 4.34. The fraction of sp³-hybridized carbons (Fsp3) is 0.550. The molecule has 1 aliphatic heterocycles. The fourth-order valence-electron chi connectivity index (χ4n) is 4.34. The van der Waals surface area contributed by atoms with E-state index in [0.29, 0.717) is 17.7 Å². The Hall–Kier alpha value is -1.85. The van der Waals surface area contributed by atoms with Crippen LogP contribution in [0.1, 0.15) is 43.4 Å². The minimum absolute atomic E-state index is 0.153. The van der Waals surface area contributed by atoms with E-state index in [0.717, 1.165) is 55.3 Å². The molecule has 1 saturated heterocycles. The molecule has 5 heteroatoms. The monoisotopic (exact) mass is 343 g/mol. The van der Waals surface area contributed by atoms with Crippen LogP contribution in [0.2, 0.25) is 0 Å². The Balaban J connectivity index is 1.79. The number of rotatable bonds is 2. The van der Waals surface area contributed by atoms with Gasteiger partial charge in [0, 0.05) is 30.6 Å². The second-order valence-electron chi connectivity index (χ2n) is 7.45. The summed E-state index contributed by atoms with van der Waals surface area (Å²) in [6.45, 7) is 6.28. The molecule has 5 nitrogen and oxygen atoms in total. The van der Waals surface area contributed by atoms with Gasteiger partial charge in [-0.2, -0.15) is 0 Å². The maximum Gasteiger partial charge on any atom is 0.339 e. The molecule has 2 aliphatic rings. The summed E-state index contributed by atoms with van der Waals surface area (Å²) in [6.07, 6.45) is 4.15. The molecule has 0 unspecified atom stereocenters. The summed E-state index contributed by atoms with van der Waals surface area (Å²) in [7, 11) is 0. The Morgan fingerprint density at radius 2 is 1.80 bits per heavy atom. The van der Waals surface area contributed by atoms with Crippen LogP contribution in [0.4, 0.5) is 0 Å². The lowest BCUT2D eigenvalue weighted by Gasteiger charge is -2.35. The van der Waals surface area contributed by atoms with Crippen LogP contribution in [0.3, 0.4) is 0 Å². The van der Waals surface area contributed by atoms with Crippen LogP contribution in [0, 0.1) is 0 Å². The Morgan fingerprint density at radius 3 is 2.52 bits per heavy atom. The van der Waals surface area contributed by atoms with Crippen molar-refractivity contribution in [3.63, 3.8) is 0 Å². The number of phenols is 1. The summed E-state index contributed by atoms with van der Waals surface area (Å²) in [6, 6.07) is 3.63. The van der Waals surface area contributed by atoms with E-state index in [1.54, 1.807) is 6.07 Å². The molecule has 0 radical (unpaired) electrons. The van der Waals surface area contributed by atoms with Gasteiger partial charge < -0.3 is 14.3 Å². The van der Waals surface area contributed by atoms with Crippen molar-refractivity contribution in [2.24, 2.45) is 0 Å². The van der Waals surface area contributed by atoms with E-state index in [4.69, 9.17) is 9.15 Å². The first-order chi connectivity index (χ1) is 12.0. The topological polar surface area (TPSA) is 62.9 Å². The first-order valence-electron chi connectivity index (χ1n) is 9.20. The standard InChI is InChI=1S/C20H25NO4/c1-12-9-21(10-13(2)24-12)11-17-18(22)8-7-15-14-5-3-4-6-16(14)20(23)25-19(15)17/h7-8,12-13,22H,3-6,9-11H2,1-2H3/t12-,13-/m1/s1. The molecule has 134 valence electrons. The summed E-state index contributed by atoms with van der Waals surface area (Å²) in [5.41, 5.74) is 2.96. The lowest BCUT2D eigenvalue weighted by molar-refractivity contribution is -0.0705. The number of morpholine rings is 1. The summed E-state index contributed by atoms with van der Waals surface area (Å²) < 4.78 is 11.5. The lowest BCUT2D eigenvalue weighted by atomic mass is 9.90. The van der Waals surface area contributed by atoms with Crippen LogP contribution >= 0.6 is 0 Å². The average molecular weight is 343 g/mol. The number of phenolic OH excluding ortho intramolecular Hbond substituents is 1. The highest BCUT2D eigenvalue weighted by Gasteiger charge is 2.26. The number of aromatic hydroxyl groups is 1. The van der Waals surface area contributed by atoms with Gasteiger partial charge in [-0.3, -0.25) is 4.90 Å². The molecule has 0 spiro atoms. The molecule has 2 heterocycles. The van der Waals surface area contributed by atoms with Gasteiger partial charge in [0.2, 0.25) is 0 Å². The van der Waals surface area contributed by atoms with E-state index in [1.165, 1.54) is 0 Å². The van der Waals surface area contributed by atoms with Crippen molar-refractivity contribution in [3.05, 3.63) is 39.2 Å². The Morgan fingerprint density at radius 1 is 1.12 bits per heavy atom. The Bertz CT molecular complexity index is 847. The maximum atomic E-state index is 12.5. The number of aryl methyl sites for hydroxylation is 1. The Labute approximate surface area is 147 Å². The predicted octanol–water partition coefficient (Wildman–Crippen LogP) is 2.99. The summed E-state index contributed by atoms with van der Waals surface area (Å²) in [4.78, 5) is 14.7. The quantitative estimate of drug-likeness (QED) is 0.850. The third-order valence-corrected chi connectivity index (χ3v) is 5.35. The zero-order valence-corrected chi connectivity index (χ0v) is 14.9. The molecular formula is C20H25NO4. The normalized spacial score (nSPS) is 24.4. The zero-order valence-electron chi connectivity index (χ0n) is 14.9. The third kappa shape index (κ3) is 3.07. The lowest BCUT2D eigenvalue weighted by Crippen LogP contribution is -2.44. The van der Waals surface area contributed by atoms with Gasteiger partial charge in [0.05, 0.1) is 17.8 Å². The summed E-state index contributed by atoms with van der Waals surface area (Å²) in [5.74, 6) is 0.193. The van der Waals surface area contributed by atoms with Crippen LogP contribution in [-0.2, 0) is 24.1 Å². The van der Waals surface area contributed by atoms with Gasteiger partial charge in [-0.1, -0.05) is 0 Å². The summed E-state index contributed by atoms with van der Waals surface area (Å²) >= 11 is 0. The molecule has 1 aromatic carbocycles. The van der Waals surface area contributed by atoms with Crippen molar-refractivity contribution in [1.82, 2.24) is 4.90 Å². The van der Waals surface area contributed by atoms with E-state index >= 15 is 0 Å². The van der Waals surface area contributed by atoms with Crippen molar-refractivity contribution < 1.29 is 14.3 Å². The molecule has 0 amide bonds. The number of fused-ring (bicyclic) bond motifs is 3. The second-order valence-corrected chi connectivity index (χ2v) is 7.45. The van der Waals surface area contributed by atoms with E-state index in [-0.39, 0.29) is 23.6 Å². The van der Waals surface area contributed by atoms with Gasteiger partial charge >= 0.3 is 5.63 Å². The zero-order chi connectivity index (χ0) is 17.6. The van der Waals surface area contributed by atoms with Gasteiger partial charge in [-0.05, 0) is 57.2 Å². The molecule has 4 rings (SSSR count). The van der Waals surface area contributed by atoms with Crippen molar-refractivity contribution >= 4 is 11.0 Å². The average Bonchev–Trinajstić information content (AvgIpc) is 2.57. The number of benzene rings is 1. The van der Waals surface area contributed by atoms with Gasteiger partial charge in [0.25, 0.3) is 0 Å². The largest absolute Gasteiger partial charge is 0.507 e. The first-order valence-corrected chi connectivity index (χ1v) is 9.20. The molecule has 1 N–H and O–H groups in total. The van der Waals surface area contributed by atoms with Crippen LogP contribution in [0.5, 0.6) is 5.75 Å². The van der Waals surface area contributed by atoms with Crippen LogP contribution < -0.4 is 5.63 Å². The number of nitrogens with zero attached hydrogens (tertiary/aromatic N) is 1. The highest BCUT2D eigenvalue weighted by molar-refractivity contribution is 5.86. The molecule has 1 aliphatic carbocycles. The second kappa shape index (κ2) is 6.46. The van der Waals surface area contributed by atoms with Crippen molar-refractivity contribution in [1.29, 1.82) is 0 Å². The Kier molecular flexibility index (Phi) is 4.29. The molecule has 1 aromatic heterocycles. The smallest absolute Gasteiger partial charge is 0.339 e. The molecule has 25 heavy (non-hydrogen) atoms. The van der Waals surface area contributed by atoms with E-state index < -0.39 is 0 Å². The van der Waals surface area contributed by atoms with E-state index in [1.807, 2.05) is 6.07 Å². The van der Waals surface area contributed by atoms with Crippen molar-refractivity contribution in [2.45, 2.75) is 58.3 Å². The van der Waals surface area contributed by atoms with Gasteiger partial charge in [0.15, 0.2) is 0 Å². The van der Waals surface area contributed by atoms with Crippen molar-refractivity contribution in [2.75, 3.05) is 13.1 Å². The maximum absolute atomic E-state index is 12.5. The van der Waals surface area contributed by atoms with Crippen LogP contribution in [0.15, 0.2) is 21.3 Å². The molecule has 2 atom stereocenters. The van der Waals surface area contributed by atoms with Crippen LogP contribution in [-0.4, -0.2) is 35.3 Å². The van der Waals surface area contributed by atoms with E-state index in [9.17, 15) is 9.90 Å². The van der Waals surface area contributed by atoms with Gasteiger partial charge in [0.1, 0.15) is 11.3 Å².